The van der Waals surface area contributed by atoms with Gasteiger partial charge in [0, 0.05) is 57.4 Å². The number of halogens is 2. The number of aryl methyl sites for hydroxylation is 1. The molecule has 1 aromatic carbocycles. The van der Waals surface area contributed by atoms with Crippen LogP contribution in [0.2, 0.25) is 0 Å². The van der Waals surface area contributed by atoms with Crippen molar-refractivity contribution in [3.63, 3.8) is 0 Å². The Morgan fingerprint density at radius 1 is 1.17 bits per heavy atom. The first-order valence-electron chi connectivity index (χ1n) is 11.5. The van der Waals surface area contributed by atoms with Gasteiger partial charge in [-0.15, -0.1) is 0 Å². The zero-order chi connectivity index (χ0) is 25.9. The summed E-state index contributed by atoms with van der Waals surface area (Å²) in [6, 6.07) is 8.07. The van der Waals surface area contributed by atoms with E-state index in [4.69, 9.17) is 10.5 Å². The number of pyridine rings is 1. The minimum Gasteiger partial charge on any atom is -0.489 e. The molecular formula is C25H27F2N5O4. The number of hydrogen-bond acceptors (Lipinski definition) is 6. The summed E-state index contributed by atoms with van der Waals surface area (Å²) in [5, 5.41) is 0. The zero-order valence-corrected chi connectivity index (χ0v) is 20.0. The van der Waals surface area contributed by atoms with Crippen LogP contribution in [0.25, 0.3) is 11.3 Å². The fourth-order valence-corrected chi connectivity index (χ4v) is 4.00. The minimum absolute atomic E-state index is 0.0507. The molecule has 2 amide bonds. The lowest BCUT2D eigenvalue weighted by Gasteiger charge is -2.32. The summed E-state index contributed by atoms with van der Waals surface area (Å²) < 4.78 is 38.2. The molecule has 0 radical (unpaired) electrons. The van der Waals surface area contributed by atoms with Crippen molar-refractivity contribution in [1.29, 1.82) is 0 Å². The van der Waals surface area contributed by atoms with Crippen molar-refractivity contribution in [2.75, 3.05) is 13.1 Å². The molecule has 0 atom stereocenters. The normalized spacial score (nSPS) is 14.5. The van der Waals surface area contributed by atoms with E-state index >= 15 is 0 Å². The first-order valence-corrected chi connectivity index (χ1v) is 11.5. The van der Waals surface area contributed by atoms with Crippen LogP contribution in [0.15, 0.2) is 49.1 Å². The smallest absolute Gasteiger partial charge is 0.394 e. The predicted octanol–water partition coefficient (Wildman–Crippen LogP) is 3.19. The second kappa shape index (κ2) is 10.3. The number of nitrogens with zero attached hydrogens (tertiary/aromatic N) is 4. The Morgan fingerprint density at radius 3 is 2.50 bits per heavy atom. The van der Waals surface area contributed by atoms with Crippen LogP contribution in [-0.4, -0.2) is 56.6 Å². The van der Waals surface area contributed by atoms with Crippen molar-refractivity contribution >= 4 is 11.8 Å². The highest BCUT2D eigenvalue weighted by Crippen LogP contribution is 2.28. The van der Waals surface area contributed by atoms with Gasteiger partial charge in [0.25, 0.3) is 5.91 Å². The number of nitrogens with two attached hydrogens (primary N) is 1. The lowest BCUT2D eigenvalue weighted by molar-refractivity contribution is -0.159. The number of alkyl halides is 2. The molecule has 2 N–H and O–H groups in total. The van der Waals surface area contributed by atoms with Gasteiger partial charge in [-0.2, -0.15) is 8.78 Å². The van der Waals surface area contributed by atoms with E-state index in [1.807, 2.05) is 23.9 Å². The van der Waals surface area contributed by atoms with Gasteiger partial charge in [0.2, 0.25) is 5.91 Å². The molecule has 1 aliphatic rings. The SMILES string of the molecule is Cn1cnc(-c2ccc(OC3CCN(C(=O)Cc4ccc(OC(C)(F)F)cn4)CC3)c(C(N)=O)c2)c1. The molecule has 0 saturated carbocycles. The number of hydrogen-bond donors (Lipinski definition) is 1. The summed E-state index contributed by atoms with van der Waals surface area (Å²) in [5.74, 6) is -0.383. The molecule has 9 nitrogen and oxygen atoms in total. The topological polar surface area (TPSA) is 113 Å². The van der Waals surface area contributed by atoms with Crippen molar-refractivity contribution in [2.24, 2.45) is 12.8 Å². The lowest BCUT2D eigenvalue weighted by Crippen LogP contribution is -2.42. The molecule has 1 aliphatic heterocycles. The van der Waals surface area contributed by atoms with Crippen molar-refractivity contribution < 1.29 is 27.8 Å². The number of carbonyl (C=O) groups is 2. The van der Waals surface area contributed by atoms with E-state index in [1.54, 1.807) is 23.4 Å². The molecule has 0 aliphatic carbocycles. The number of imidazole rings is 1. The molecule has 0 bridgehead atoms. The maximum absolute atomic E-state index is 12.9. The molecule has 3 aromatic rings. The van der Waals surface area contributed by atoms with Crippen molar-refractivity contribution in [2.45, 2.75) is 38.4 Å². The average Bonchev–Trinajstić information content (AvgIpc) is 3.26. The summed E-state index contributed by atoms with van der Waals surface area (Å²) in [6.45, 7) is 1.60. The van der Waals surface area contributed by atoms with Gasteiger partial charge in [-0.1, -0.05) is 0 Å². The van der Waals surface area contributed by atoms with Crippen LogP contribution in [0.5, 0.6) is 11.5 Å². The maximum atomic E-state index is 12.9. The van der Waals surface area contributed by atoms with Crippen LogP contribution in [0.4, 0.5) is 8.78 Å². The highest BCUT2D eigenvalue weighted by molar-refractivity contribution is 5.97. The Kier molecular flexibility index (Phi) is 7.18. The van der Waals surface area contributed by atoms with Crippen LogP contribution in [0.3, 0.4) is 0 Å². The van der Waals surface area contributed by atoms with Crippen LogP contribution in [0.1, 0.15) is 35.8 Å². The summed E-state index contributed by atoms with van der Waals surface area (Å²) in [5.41, 5.74) is 7.81. The number of amides is 2. The Morgan fingerprint density at radius 2 is 1.92 bits per heavy atom. The molecule has 4 rings (SSSR count). The summed E-state index contributed by atoms with van der Waals surface area (Å²) in [4.78, 5) is 34.8. The van der Waals surface area contributed by atoms with Gasteiger partial charge >= 0.3 is 6.11 Å². The fraction of sp³-hybridized carbons (Fsp3) is 0.360. The monoisotopic (exact) mass is 499 g/mol. The quantitative estimate of drug-likeness (QED) is 0.510. The summed E-state index contributed by atoms with van der Waals surface area (Å²) in [7, 11) is 1.86. The first kappa shape index (κ1) is 25.1. The Labute approximate surface area is 206 Å². The molecule has 1 fully saturated rings. The second-order valence-corrected chi connectivity index (χ2v) is 8.77. The van der Waals surface area contributed by atoms with Crippen LogP contribution in [-0.2, 0) is 18.3 Å². The number of benzene rings is 1. The molecular weight excluding hydrogens is 472 g/mol. The third kappa shape index (κ3) is 6.35. The van der Waals surface area contributed by atoms with Crippen LogP contribution in [0, 0.1) is 0 Å². The third-order valence-electron chi connectivity index (χ3n) is 5.76. The van der Waals surface area contributed by atoms with E-state index in [2.05, 4.69) is 14.7 Å². The van der Waals surface area contributed by atoms with Crippen LogP contribution >= 0.6 is 0 Å². The molecule has 11 heteroatoms. The minimum atomic E-state index is -3.30. The van der Waals surface area contributed by atoms with Gasteiger partial charge in [0.15, 0.2) is 0 Å². The van der Waals surface area contributed by atoms with E-state index in [1.165, 1.54) is 18.3 Å². The first-order chi connectivity index (χ1) is 17.1. The highest BCUT2D eigenvalue weighted by Gasteiger charge is 2.26. The highest BCUT2D eigenvalue weighted by atomic mass is 19.3. The largest absolute Gasteiger partial charge is 0.489 e. The summed E-state index contributed by atoms with van der Waals surface area (Å²) in [6.07, 6.45) is 2.42. The van der Waals surface area contributed by atoms with Gasteiger partial charge in [0.1, 0.15) is 17.6 Å². The second-order valence-electron chi connectivity index (χ2n) is 8.77. The number of piperidine rings is 1. The number of carbonyl (C=O) groups excluding carboxylic acids is 2. The van der Waals surface area contributed by atoms with E-state index in [0.29, 0.717) is 44.3 Å². The molecule has 2 aromatic heterocycles. The number of likely N-dealkylation sites (tertiary alicyclic amines) is 1. The van der Waals surface area contributed by atoms with E-state index in [9.17, 15) is 18.4 Å². The zero-order valence-electron chi connectivity index (χ0n) is 20.0. The van der Waals surface area contributed by atoms with Gasteiger partial charge in [-0.25, -0.2) is 4.98 Å². The van der Waals surface area contributed by atoms with Gasteiger partial charge < -0.3 is 24.7 Å². The molecule has 190 valence electrons. The predicted molar refractivity (Wildman–Crippen MR) is 127 cm³/mol. The molecule has 1 saturated heterocycles. The molecule has 0 unspecified atom stereocenters. The van der Waals surface area contributed by atoms with Crippen molar-refractivity contribution in [3.05, 3.63) is 60.3 Å². The number of rotatable bonds is 8. The standard InChI is InChI=1S/C25H27F2N5O4/c1-25(26,27)36-19-5-4-17(29-13-19)12-23(33)32-9-7-18(8-10-32)35-22-6-3-16(11-20(22)24(28)34)21-14-31(2)15-30-21/h3-6,11,13-15,18H,7-10,12H2,1-2H3,(H2,28,34). The maximum Gasteiger partial charge on any atom is 0.394 e. The van der Waals surface area contributed by atoms with Crippen LogP contribution < -0.4 is 15.2 Å². The number of aromatic nitrogens is 3. The van der Waals surface area contributed by atoms with Gasteiger partial charge in [-0.05, 0) is 30.3 Å². The fourth-order valence-electron chi connectivity index (χ4n) is 4.00. The Balaban J connectivity index is 1.32. The Bertz CT molecular complexity index is 1230. The molecule has 0 spiro atoms. The molecule has 3 heterocycles. The van der Waals surface area contributed by atoms with Crippen molar-refractivity contribution in [1.82, 2.24) is 19.4 Å². The third-order valence-corrected chi connectivity index (χ3v) is 5.76. The van der Waals surface area contributed by atoms with E-state index in [-0.39, 0.29) is 29.7 Å². The van der Waals surface area contributed by atoms with Gasteiger partial charge in [0.05, 0.1) is 30.2 Å². The lowest BCUT2D eigenvalue weighted by atomic mass is 10.0. The van der Waals surface area contributed by atoms with E-state index < -0.39 is 12.0 Å². The average molecular weight is 500 g/mol. The van der Waals surface area contributed by atoms with E-state index in [0.717, 1.165) is 11.3 Å². The van der Waals surface area contributed by atoms with Gasteiger partial charge in [-0.3, -0.25) is 14.6 Å². The Hall–Kier alpha value is -4.02. The number of ether oxygens (including phenoxy) is 2. The molecule has 36 heavy (non-hydrogen) atoms. The van der Waals surface area contributed by atoms with Crippen molar-refractivity contribution in [3.8, 4) is 22.8 Å². The number of primary amides is 1. The summed E-state index contributed by atoms with van der Waals surface area (Å²) >= 11 is 0.